The first-order valence-corrected chi connectivity index (χ1v) is 9.07. The molecule has 1 aromatic carbocycles. The zero-order valence-corrected chi connectivity index (χ0v) is 14.5. The van der Waals surface area contributed by atoms with E-state index in [2.05, 4.69) is 12.2 Å². The molecule has 2 saturated heterocycles. The van der Waals surface area contributed by atoms with Gasteiger partial charge >= 0.3 is 0 Å². The van der Waals surface area contributed by atoms with Crippen molar-refractivity contribution in [3.05, 3.63) is 29.3 Å². The maximum Gasteiger partial charge on any atom is 0.234 e. The highest BCUT2D eigenvalue weighted by molar-refractivity contribution is 6.01. The monoisotopic (exact) mass is 350 g/mol. The predicted molar refractivity (Wildman–Crippen MR) is 91.3 cm³/mol. The molecule has 2 aliphatic rings. The number of hydrogen-bond acceptors (Lipinski definition) is 3. The molecule has 2 fully saturated rings. The van der Waals surface area contributed by atoms with Gasteiger partial charge in [-0.3, -0.25) is 14.9 Å². The number of hydrogen-bond donors (Lipinski definition) is 1. The van der Waals surface area contributed by atoms with Crippen LogP contribution in [0, 0.1) is 17.6 Å². The molecule has 4 nitrogen and oxygen atoms in total. The van der Waals surface area contributed by atoms with Crippen LogP contribution in [0.1, 0.15) is 56.9 Å². The van der Waals surface area contributed by atoms with Crippen molar-refractivity contribution in [2.45, 2.75) is 51.4 Å². The third-order valence-corrected chi connectivity index (χ3v) is 5.33. The summed E-state index contributed by atoms with van der Waals surface area (Å²) in [5.41, 5.74) is 0.301. The van der Waals surface area contributed by atoms with Crippen molar-refractivity contribution < 1.29 is 18.4 Å². The van der Waals surface area contributed by atoms with Gasteiger partial charge in [0, 0.05) is 30.8 Å². The zero-order valence-electron chi connectivity index (χ0n) is 14.5. The summed E-state index contributed by atoms with van der Waals surface area (Å²) in [6.45, 7) is 3.76. The number of nitrogens with one attached hydrogen (secondary N) is 1. The van der Waals surface area contributed by atoms with Gasteiger partial charge in [-0.15, -0.1) is 0 Å². The highest BCUT2D eigenvalue weighted by Crippen LogP contribution is 2.33. The Balaban J connectivity index is 1.77. The zero-order chi connectivity index (χ0) is 18.0. The highest BCUT2D eigenvalue weighted by atomic mass is 19.1. The van der Waals surface area contributed by atoms with E-state index in [9.17, 15) is 18.4 Å². The van der Waals surface area contributed by atoms with Crippen LogP contribution in [0.15, 0.2) is 12.1 Å². The number of benzene rings is 1. The van der Waals surface area contributed by atoms with E-state index in [1.807, 2.05) is 4.90 Å². The minimum atomic E-state index is -0.943. The summed E-state index contributed by atoms with van der Waals surface area (Å²) >= 11 is 0. The van der Waals surface area contributed by atoms with Crippen molar-refractivity contribution in [1.29, 1.82) is 0 Å². The van der Waals surface area contributed by atoms with Gasteiger partial charge in [0.1, 0.15) is 11.6 Å². The van der Waals surface area contributed by atoms with Crippen LogP contribution in [0.2, 0.25) is 0 Å². The molecule has 1 atom stereocenters. The Morgan fingerprint density at radius 2 is 1.76 bits per heavy atom. The summed E-state index contributed by atoms with van der Waals surface area (Å²) in [6, 6.07) is 2.64. The van der Waals surface area contributed by atoms with Crippen LogP contribution in [0.4, 0.5) is 14.5 Å². The summed E-state index contributed by atoms with van der Waals surface area (Å²) in [6.07, 6.45) is 4.67. The molecule has 136 valence electrons. The molecule has 1 N–H and O–H groups in total. The molecule has 2 amide bonds. The number of halogens is 2. The second-order valence-electron chi connectivity index (χ2n) is 7.05. The van der Waals surface area contributed by atoms with Gasteiger partial charge in [0.25, 0.3) is 0 Å². The van der Waals surface area contributed by atoms with E-state index in [0.29, 0.717) is 11.6 Å². The van der Waals surface area contributed by atoms with Gasteiger partial charge in [0.2, 0.25) is 11.8 Å². The Morgan fingerprint density at radius 3 is 2.32 bits per heavy atom. The van der Waals surface area contributed by atoms with Crippen LogP contribution in [-0.2, 0) is 9.59 Å². The van der Waals surface area contributed by atoms with Crippen LogP contribution in [0.25, 0.3) is 0 Å². The van der Waals surface area contributed by atoms with Crippen LogP contribution in [0.3, 0.4) is 0 Å². The van der Waals surface area contributed by atoms with Gasteiger partial charge in [-0.25, -0.2) is 8.78 Å². The maximum atomic E-state index is 14.6. The molecule has 0 radical (unpaired) electrons. The van der Waals surface area contributed by atoms with E-state index < -0.39 is 29.4 Å². The molecule has 6 heteroatoms. The first-order chi connectivity index (χ1) is 12.0. The van der Waals surface area contributed by atoms with Gasteiger partial charge in [-0.1, -0.05) is 19.8 Å². The lowest BCUT2D eigenvalue weighted by Crippen LogP contribution is -2.40. The number of nitrogens with zero attached hydrogens (tertiary/aromatic N) is 1. The molecule has 0 saturated carbocycles. The second kappa shape index (κ2) is 7.50. The fraction of sp³-hybridized carbons (Fsp3) is 0.579. The van der Waals surface area contributed by atoms with Gasteiger partial charge in [-0.05, 0) is 37.3 Å². The summed E-state index contributed by atoms with van der Waals surface area (Å²) in [5.74, 6) is -2.68. The largest absolute Gasteiger partial charge is 0.371 e. The number of rotatable bonds is 4. The number of imide groups is 1. The third-order valence-electron chi connectivity index (χ3n) is 5.33. The Kier molecular flexibility index (Phi) is 5.35. The fourth-order valence-electron chi connectivity index (χ4n) is 3.94. The lowest BCUT2D eigenvalue weighted by molar-refractivity contribution is -0.134. The lowest BCUT2D eigenvalue weighted by Gasteiger charge is -2.34. The van der Waals surface area contributed by atoms with Crippen molar-refractivity contribution in [2.75, 3.05) is 18.0 Å². The first kappa shape index (κ1) is 17.8. The molecule has 2 heterocycles. The standard InChI is InChI=1S/C19H24F2N2O2/c1-2-3-12-6-8-23(9-7-12)13-10-15(20)18(16(21)11-13)14-4-5-17(24)22-19(14)25/h10-12,14H,2-9H2,1H3,(H,22,24,25). The van der Waals surface area contributed by atoms with Crippen molar-refractivity contribution in [2.24, 2.45) is 5.92 Å². The van der Waals surface area contributed by atoms with Crippen molar-refractivity contribution >= 4 is 17.5 Å². The van der Waals surface area contributed by atoms with Crippen LogP contribution < -0.4 is 10.2 Å². The Bertz CT molecular complexity index is 646. The minimum Gasteiger partial charge on any atom is -0.371 e. The lowest BCUT2D eigenvalue weighted by atomic mass is 9.89. The van der Waals surface area contributed by atoms with Gasteiger partial charge in [-0.2, -0.15) is 0 Å². The van der Waals surface area contributed by atoms with Crippen molar-refractivity contribution in [1.82, 2.24) is 5.32 Å². The normalized spacial score (nSPS) is 22.2. The van der Waals surface area contributed by atoms with Crippen LogP contribution >= 0.6 is 0 Å². The first-order valence-electron chi connectivity index (χ1n) is 9.07. The smallest absolute Gasteiger partial charge is 0.234 e. The molecular formula is C19H24F2N2O2. The summed E-state index contributed by atoms with van der Waals surface area (Å²) < 4.78 is 29.2. The van der Waals surface area contributed by atoms with E-state index >= 15 is 0 Å². The SMILES string of the molecule is CCCC1CCN(c2cc(F)c(C3CCC(=O)NC3=O)c(F)c2)CC1. The maximum absolute atomic E-state index is 14.6. The van der Waals surface area contributed by atoms with Gasteiger partial charge < -0.3 is 4.90 Å². The van der Waals surface area contributed by atoms with E-state index in [-0.39, 0.29) is 18.4 Å². The van der Waals surface area contributed by atoms with Crippen molar-refractivity contribution in [3.63, 3.8) is 0 Å². The number of piperidine rings is 2. The molecule has 0 bridgehead atoms. The Labute approximate surface area is 146 Å². The second-order valence-corrected chi connectivity index (χ2v) is 7.05. The molecule has 0 aliphatic carbocycles. The quantitative estimate of drug-likeness (QED) is 0.846. The predicted octanol–water partition coefficient (Wildman–Crippen LogP) is 3.50. The molecule has 1 aromatic rings. The van der Waals surface area contributed by atoms with Gasteiger partial charge in [0.05, 0.1) is 5.92 Å². The molecule has 2 aliphatic heterocycles. The number of carbonyl (C=O) groups is 2. The van der Waals surface area contributed by atoms with E-state index in [1.54, 1.807) is 0 Å². The minimum absolute atomic E-state index is 0.0992. The number of carbonyl (C=O) groups excluding carboxylic acids is 2. The topological polar surface area (TPSA) is 49.4 Å². The average molecular weight is 350 g/mol. The highest BCUT2D eigenvalue weighted by Gasteiger charge is 2.33. The Morgan fingerprint density at radius 1 is 1.12 bits per heavy atom. The molecule has 0 aromatic heterocycles. The Hall–Kier alpha value is -1.98. The summed E-state index contributed by atoms with van der Waals surface area (Å²) in [5, 5.41) is 2.16. The van der Waals surface area contributed by atoms with Crippen LogP contribution in [0.5, 0.6) is 0 Å². The van der Waals surface area contributed by atoms with Crippen molar-refractivity contribution in [3.8, 4) is 0 Å². The molecular weight excluding hydrogens is 326 g/mol. The molecule has 3 rings (SSSR count). The molecule has 0 spiro atoms. The molecule has 25 heavy (non-hydrogen) atoms. The summed E-state index contributed by atoms with van der Waals surface area (Å²) in [4.78, 5) is 25.2. The number of anilines is 1. The number of amides is 2. The van der Waals surface area contributed by atoms with E-state index in [4.69, 9.17) is 0 Å². The van der Waals surface area contributed by atoms with E-state index in [0.717, 1.165) is 32.4 Å². The van der Waals surface area contributed by atoms with Crippen LogP contribution in [-0.4, -0.2) is 24.9 Å². The third kappa shape index (κ3) is 3.83. The van der Waals surface area contributed by atoms with E-state index in [1.165, 1.54) is 18.6 Å². The fourth-order valence-corrected chi connectivity index (χ4v) is 3.94. The van der Waals surface area contributed by atoms with Gasteiger partial charge in [0.15, 0.2) is 0 Å². The average Bonchev–Trinajstić information content (AvgIpc) is 2.57. The molecule has 1 unspecified atom stereocenters. The summed E-state index contributed by atoms with van der Waals surface area (Å²) in [7, 11) is 0.